The summed E-state index contributed by atoms with van der Waals surface area (Å²) in [6.07, 6.45) is 4.28. The topological polar surface area (TPSA) is 46.9 Å². The van der Waals surface area contributed by atoms with Gasteiger partial charge in [-0.15, -0.1) is 0 Å². The van der Waals surface area contributed by atoms with Crippen molar-refractivity contribution >= 4 is 33.4 Å². The number of hydrogen-bond donors (Lipinski definition) is 1. The van der Waals surface area contributed by atoms with E-state index in [1.165, 1.54) is 23.3 Å². The molecule has 17 heavy (non-hydrogen) atoms. The molecule has 4 nitrogen and oxygen atoms in total. The number of thioether (sulfide) groups is 1. The van der Waals surface area contributed by atoms with Crippen molar-refractivity contribution in [3.05, 3.63) is 21.0 Å². The van der Waals surface area contributed by atoms with Crippen LogP contribution in [0.5, 0.6) is 0 Å². The summed E-state index contributed by atoms with van der Waals surface area (Å²) in [7, 11) is 0. The van der Waals surface area contributed by atoms with E-state index in [9.17, 15) is 4.79 Å². The van der Waals surface area contributed by atoms with Crippen LogP contribution in [-0.2, 0) is 6.54 Å². The second-order valence-electron chi connectivity index (χ2n) is 4.01. The first-order valence-corrected chi connectivity index (χ1v) is 7.67. The average molecular weight is 318 g/mol. The minimum absolute atomic E-state index is 0.0726. The number of aromatic nitrogens is 2. The molecule has 2 rings (SSSR count). The van der Waals surface area contributed by atoms with Crippen LogP contribution in [0.25, 0.3) is 0 Å². The van der Waals surface area contributed by atoms with Crippen molar-refractivity contribution in [1.82, 2.24) is 9.78 Å². The molecule has 1 fully saturated rings. The van der Waals surface area contributed by atoms with Crippen LogP contribution >= 0.6 is 27.7 Å². The summed E-state index contributed by atoms with van der Waals surface area (Å²) >= 11 is 5.34. The van der Waals surface area contributed by atoms with Gasteiger partial charge in [0.1, 0.15) is 4.47 Å². The first-order valence-electron chi connectivity index (χ1n) is 5.83. The molecule has 0 saturated carbocycles. The molecule has 1 unspecified atom stereocenters. The molecule has 0 aromatic carbocycles. The lowest BCUT2D eigenvalue weighted by atomic mass is 10.2. The van der Waals surface area contributed by atoms with Crippen molar-refractivity contribution < 1.29 is 0 Å². The predicted octanol–water partition coefficient (Wildman–Crippen LogP) is 2.33. The molecule has 1 aromatic heterocycles. The lowest BCUT2D eigenvalue weighted by molar-refractivity contribution is 0.612. The fraction of sp³-hybridized carbons (Fsp3) is 0.636. The second kappa shape index (κ2) is 5.91. The van der Waals surface area contributed by atoms with Gasteiger partial charge in [-0.05, 0) is 41.4 Å². The molecule has 1 aliphatic rings. The number of aryl methyl sites for hydroxylation is 1. The van der Waals surface area contributed by atoms with Crippen LogP contribution in [0.1, 0.15) is 19.8 Å². The molecular weight excluding hydrogens is 302 g/mol. The average Bonchev–Trinajstić information content (AvgIpc) is 2.84. The molecule has 0 spiro atoms. The maximum atomic E-state index is 11.8. The summed E-state index contributed by atoms with van der Waals surface area (Å²) in [5.74, 6) is 1.25. The second-order valence-corrected chi connectivity index (χ2v) is 6.21. The summed E-state index contributed by atoms with van der Waals surface area (Å²) in [4.78, 5) is 11.8. The molecule has 0 bridgehead atoms. The van der Waals surface area contributed by atoms with E-state index in [1.54, 1.807) is 6.20 Å². The highest BCUT2D eigenvalue weighted by molar-refractivity contribution is 9.10. The van der Waals surface area contributed by atoms with Crippen LogP contribution < -0.4 is 10.9 Å². The molecule has 0 amide bonds. The molecule has 6 heteroatoms. The number of hydrogen-bond acceptors (Lipinski definition) is 4. The van der Waals surface area contributed by atoms with Gasteiger partial charge in [0, 0.05) is 18.3 Å². The van der Waals surface area contributed by atoms with Crippen LogP contribution in [0.15, 0.2) is 15.5 Å². The van der Waals surface area contributed by atoms with Crippen molar-refractivity contribution in [2.75, 3.05) is 17.6 Å². The Kier molecular flexibility index (Phi) is 4.50. The molecule has 1 aliphatic heterocycles. The van der Waals surface area contributed by atoms with Crippen molar-refractivity contribution in [3.8, 4) is 0 Å². The van der Waals surface area contributed by atoms with Gasteiger partial charge in [-0.2, -0.15) is 16.9 Å². The van der Waals surface area contributed by atoms with E-state index in [0.29, 0.717) is 16.3 Å². The van der Waals surface area contributed by atoms with E-state index in [1.807, 2.05) is 18.7 Å². The largest absolute Gasteiger partial charge is 0.382 e. The third-order valence-corrected chi connectivity index (χ3v) is 4.99. The van der Waals surface area contributed by atoms with Crippen molar-refractivity contribution in [1.29, 1.82) is 0 Å². The van der Waals surface area contributed by atoms with Crippen molar-refractivity contribution in [2.45, 2.75) is 31.6 Å². The first-order chi connectivity index (χ1) is 8.22. The van der Waals surface area contributed by atoms with E-state index < -0.39 is 0 Å². The van der Waals surface area contributed by atoms with Gasteiger partial charge in [0.2, 0.25) is 0 Å². The van der Waals surface area contributed by atoms with Crippen LogP contribution in [-0.4, -0.2) is 27.3 Å². The van der Waals surface area contributed by atoms with Crippen LogP contribution in [0.3, 0.4) is 0 Å². The van der Waals surface area contributed by atoms with Crippen LogP contribution in [0.4, 0.5) is 5.69 Å². The van der Waals surface area contributed by atoms with Gasteiger partial charge in [-0.1, -0.05) is 0 Å². The summed E-state index contributed by atoms with van der Waals surface area (Å²) in [5.41, 5.74) is 0.726. The zero-order chi connectivity index (χ0) is 12.3. The van der Waals surface area contributed by atoms with E-state index in [2.05, 4.69) is 26.3 Å². The molecule has 2 heterocycles. The number of halogens is 1. The Bertz CT molecular complexity index is 443. The van der Waals surface area contributed by atoms with E-state index in [4.69, 9.17) is 0 Å². The Morgan fingerprint density at radius 2 is 2.53 bits per heavy atom. The van der Waals surface area contributed by atoms with Gasteiger partial charge in [0.15, 0.2) is 0 Å². The maximum Gasteiger partial charge on any atom is 0.283 e. The normalized spacial score (nSPS) is 19.5. The smallest absolute Gasteiger partial charge is 0.283 e. The highest BCUT2D eigenvalue weighted by Gasteiger charge is 2.16. The predicted molar refractivity (Wildman–Crippen MR) is 75.8 cm³/mol. The molecule has 94 valence electrons. The highest BCUT2D eigenvalue weighted by Crippen LogP contribution is 2.26. The monoisotopic (exact) mass is 317 g/mol. The van der Waals surface area contributed by atoms with Gasteiger partial charge in [-0.25, -0.2) is 4.68 Å². The molecule has 0 aliphatic carbocycles. The van der Waals surface area contributed by atoms with Crippen LogP contribution in [0, 0.1) is 0 Å². The zero-order valence-electron chi connectivity index (χ0n) is 9.78. The fourth-order valence-electron chi connectivity index (χ4n) is 1.84. The molecule has 1 saturated heterocycles. The van der Waals surface area contributed by atoms with Gasteiger partial charge < -0.3 is 5.32 Å². The van der Waals surface area contributed by atoms with E-state index >= 15 is 0 Å². The minimum Gasteiger partial charge on any atom is -0.382 e. The summed E-state index contributed by atoms with van der Waals surface area (Å²) in [6, 6.07) is 0. The van der Waals surface area contributed by atoms with E-state index in [0.717, 1.165) is 12.2 Å². The number of nitrogens with one attached hydrogen (secondary N) is 1. The van der Waals surface area contributed by atoms with Crippen molar-refractivity contribution in [3.63, 3.8) is 0 Å². The van der Waals surface area contributed by atoms with Gasteiger partial charge in [0.05, 0.1) is 11.9 Å². The maximum absolute atomic E-state index is 11.8. The third-order valence-electron chi connectivity index (χ3n) is 2.83. The van der Waals surface area contributed by atoms with Gasteiger partial charge in [-0.3, -0.25) is 4.79 Å². The van der Waals surface area contributed by atoms with Gasteiger partial charge >= 0.3 is 0 Å². The summed E-state index contributed by atoms with van der Waals surface area (Å²) in [5, 5.41) is 8.07. The first kappa shape index (κ1) is 13.0. The Hall–Kier alpha value is -0.490. The van der Waals surface area contributed by atoms with Crippen LogP contribution in [0.2, 0.25) is 0 Å². The van der Waals surface area contributed by atoms with Crippen molar-refractivity contribution in [2.24, 2.45) is 0 Å². The van der Waals surface area contributed by atoms with E-state index in [-0.39, 0.29) is 5.56 Å². The summed E-state index contributed by atoms with van der Waals surface area (Å²) < 4.78 is 2.02. The Balaban J connectivity index is 2.05. The molecule has 0 radical (unpaired) electrons. The minimum atomic E-state index is -0.0726. The molecule has 1 N–H and O–H groups in total. The number of rotatable bonds is 4. The molecule has 1 aromatic rings. The number of anilines is 1. The Morgan fingerprint density at radius 3 is 3.18 bits per heavy atom. The third kappa shape index (κ3) is 3.04. The van der Waals surface area contributed by atoms with Gasteiger partial charge in [0.25, 0.3) is 5.56 Å². The lowest BCUT2D eigenvalue weighted by Gasteiger charge is -2.12. The standard InChI is InChI=1S/C11H16BrN3OS/c1-2-15-11(16)10(12)9(7-14-15)13-6-8-4-3-5-17-8/h7-8,13H,2-6H2,1H3. The molecule has 1 atom stereocenters. The number of nitrogens with zero attached hydrogens (tertiary/aromatic N) is 2. The Morgan fingerprint density at radius 1 is 1.71 bits per heavy atom. The fourth-order valence-corrected chi connectivity index (χ4v) is 3.49. The zero-order valence-corrected chi connectivity index (χ0v) is 12.2. The SMILES string of the molecule is CCn1ncc(NCC2CCCS2)c(Br)c1=O. The summed E-state index contributed by atoms with van der Waals surface area (Å²) in [6.45, 7) is 3.40. The molecular formula is C11H16BrN3OS. The highest BCUT2D eigenvalue weighted by atomic mass is 79.9. The lowest BCUT2D eigenvalue weighted by Crippen LogP contribution is -2.24. The quantitative estimate of drug-likeness (QED) is 0.926. The Labute approximate surface area is 113 Å².